The van der Waals surface area contributed by atoms with E-state index < -0.39 is 11.7 Å². The van der Waals surface area contributed by atoms with Gasteiger partial charge < -0.3 is 10.4 Å². The third-order valence-corrected chi connectivity index (χ3v) is 6.10. The summed E-state index contributed by atoms with van der Waals surface area (Å²) < 4.78 is 39.0. The molecule has 2 aromatic rings. The standard InChI is InChI=1S/C21H25F3N4O2/c22-21(23,24)14-1-6-19-18(8-14)20(27-12-26-19)25-9-17(30)7-13-10-28(11-13)15-2-4-16(29)5-3-15/h1,6,8,12-13,15-16,29H,2-5,7,9-11H2,(H,25,26,27). The molecule has 1 aromatic heterocycles. The summed E-state index contributed by atoms with van der Waals surface area (Å²) >= 11 is 0. The Morgan fingerprint density at radius 2 is 1.90 bits per heavy atom. The Hall–Kier alpha value is -2.26. The van der Waals surface area contributed by atoms with Gasteiger partial charge in [0.2, 0.25) is 0 Å². The molecule has 1 aliphatic carbocycles. The monoisotopic (exact) mass is 422 g/mol. The molecular formula is C21H25F3N4O2. The summed E-state index contributed by atoms with van der Waals surface area (Å²) in [6.45, 7) is 1.80. The van der Waals surface area contributed by atoms with Crippen molar-refractivity contribution in [2.45, 2.75) is 50.4 Å². The van der Waals surface area contributed by atoms with Crippen molar-refractivity contribution >= 4 is 22.5 Å². The van der Waals surface area contributed by atoms with Gasteiger partial charge in [-0.3, -0.25) is 9.69 Å². The van der Waals surface area contributed by atoms with Gasteiger partial charge in [0.05, 0.1) is 23.7 Å². The SMILES string of the molecule is O=C(CNc1ncnc2ccc(C(F)(F)F)cc12)CC1CN(C2CCC(O)CC2)C1. The van der Waals surface area contributed by atoms with E-state index >= 15 is 0 Å². The van der Waals surface area contributed by atoms with Crippen molar-refractivity contribution in [1.82, 2.24) is 14.9 Å². The molecule has 9 heteroatoms. The minimum Gasteiger partial charge on any atom is -0.393 e. The van der Waals surface area contributed by atoms with Gasteiger partial charge in [0.15, 0.2) is 5.78 Å². The quantitative estimate of drug-likeness (QED) is 0.744. The number of rotatable bonds is 6. The number of likely N-dealkylation sites (tertiary alicyclic amines) is 1. The van der Waals surface area contributed by atoms with Crippen LogP contribution in [0.1, 0.15) is 37.7 Å². The molecule has 0 spiro atoms. The number of carbonyl (C=O) groups excluding carboxylic acids is 1. The van der Waals surface area contributed by atoms with Crippen molar-refractivity contribution in [3.8, 4) is 0 Å². The molecule has 2 aliphatic rings. The molecule has 0 amide bonds. The fourth-order valence-electron chi connectivity index (χ4n) is 4.41. The van der Waals surface area contributed by atoms with Gasteiger partial charge in [-0.15, -0.1) is 0 Å². The Balaban J connectivity index is 1.30. The highest BCUT2D eigenvalue weighted by atomic mass is 19.4. The summed E-state index contributed by atoms with van der Waals surface area (Å²) in [4.78, 5) is 22.8. The van der Waals surface area contributed by atoms with Crippen LogP contribution in [0.2, 0.25) is 0 Å². The number of carbonyl (C=O) groups is 1. The van der Waals surface area contributed by atoms with Crippen LogP contribution < -0.4 is 5.32 Å². The highest BCUT2D eigenvalue weighted by Crippen LogP contribution is 2.33. The first-order valence-corrected chi connectivity index (χ1v) is 10.3. The minimum atomic E-state index is -4.45. The van der Waals surface area contributed by atoms with Crippen LogP contribution in [0.25, 0.3) is 10.9 Å². The number of fused-ring (bicyclic) bond motifs is 1. The fraction of sp³-hybridized carbons (Fsp3) is 0.571. The number of aromatic nitrogens is 2. The number of nitrogens with zero attached hydrogens (tertiary/aromatic N) is 3. The van der Waals surface area contributed by atoms with E-state index in [-0.39, 0.29) is 29.6 Å². The van der Waals surface area contributed by atoms with Crippen molar-refractivity contribution in [3.63, 3.8) is 0 Å². The number of ketones is 1. The predicted molar refractivity (Wildman–Crippen MR) is 106 cm³/mol. The van der Waals surface area contributed by atoms with Crippen molar-refractivity contribution in [2.75, 3.05) is 25.0 Å². The van der Waals surface area contributed by atoms with Crippen LogP contribution in [0.3, 0.4) is 0 Å². The highest BCUT2D eigenvalue weighted by Gasteiger charge is 2.35. The molecule has 1 saturated heterocycles. The second-order valence-electron chi connectivity index (χ2n) is 8.33. The van der Waals surface area contributed by atoms with Gasteiger partial charge in [0.1, 0.15) is 12.1 Å². The van der Waals surface area contributed by atoms with E-state index in [2.05, 4.69) is 20.2 Å². The fourth-order valence-corrected chi connectivity index (χ4v) is 4.41. The average Bonchev–Trinajstić information content (AvgIpc) is 2.68. The third-order valence-electron chi connectivity index (χ3n) is 6.10. The number of anilines is 1. The molecule has 2 heterocycles. The smallest absolute Gasteiger partial charge is 0.393 e. The van der Waals surface area contributed by atoms with Crippen molar-refractivity contribution in [3.05, 3.63) is 30.1 Å². The minimum absolute atomic E-state index is 0.0115. The number of halogens is 3. The molecule has 1 saturated carbocycles. The first-order valence-electron chi connectivity index (χ1n) is 10.3. The molecular weight excluding hydrogens is 397 g/mol. The predicted octanol–water partition coefficient (Wildman–Crippen LogP) is 3.26. The Morgan fingerprint density at radius 3 is 2.60 bits per heavy atom. The van der Waals surface area contributed by atoms with Crippen LogP contribution in [0, 0.1) is 5.92 Å². The summed E-state index contributed by atoms with van der Waals surface area (Å²) in [5, 5.41) is 12.7. The molecule has 0 unspecified atom stereocenters. The number of aliphatic hydroxyl groups is 1. The summed E-state index contributed by atoms with van der Waals surface area (Å²) in [5.41, 5.74) is -0.385. The van der Waals surface area contributed by atoms with Gasteiger partial charge in [-0.1, -0.05) is 0 Å². The van der Waals surface area contributed by atoms with Gasteiger partial charge in [0, 0.05) is 30.9 Å². The second-order valence-corrected chi connectivity index (χ2v) is 8.33. The molecule has 162 valence electrons. The summed E-state index contributed by atoms with van der Waals surface area (Å²) in [5.74, 6) is 0.554. The van der Waals surface area contributed by atoms with E-state index in [1.165, 1.54) is 12.4 Å². The highest BCUT2D eigenvalue weighted by molar-refractivity contribution is 5.91. The van der Waals surface area contributed by atoms with Crippen LogP contribution in [-0.2, 0) is 11.0 Å². The Bertz CT molecular complexity index is 907. The van der Waals surface area contributed by atoms with E-state index in [1.54, 1.807) is 0 Å². The largest absolute Gasteiger partial charge is 0.416 e. The number of nitrogens with one attached hydrogen (secondary N) is 1. The zero-order valence-electron chi connectivity index (χ0n) is 16.5. The normalized spacial score (nSPS) is 23.3. The van der Waals surface area contributed by atoms with E-state index in [0.29, 0.717) is 23.9 Å². The molecule has 2 N–H and O–H groups in total. The van der Waals surface area contributed by atoms with Crippen molar-refractivity contribution in [1.29, 1.82) is 0 Å². The Labute approximate surface area is 172 Å². The lowest BCUT2D eigenvalue weighted by Crippen LogP contribution is -2.53. The van der Waals surface area contributed by atoms with Crippen LogP contribution in [0.4, 0.5) is 19.0 Å². The first-order chi connectivity index (χ1) is 14.3. The van der Waals surface area contributed by atoms with Gasteiger partial charge in [-0.05, 0) is 49.8 Å². The maximum atomic E-state index is 13.0. The lowest BCUT2D eigenvalue weighted by molar-refractivity contribution is -0.137. The maximum Gasteiger partial charge on any atom is 0.416 e. The lowest BCUT2D eigenvalue weighted by Gasteiger charge is -2.46. The first kappa shape index (κ1) is 21.0. The topological polar surface area (TPSA) is 78.4 Å². The van der Waals surface area contributed by atoms with Crippen LogP contribution in [0.15, 0.2) is 24.5 Å². The maximum absolute atomic E-state index is 13.0. The number of hydrogen-bond acceptors (Lipinski definition) is 6. The second kappa shape index (κ2) is 8.47. The van der Waals surface area contributed by atoms with Crippen molar-refractivity contribution in [2.24, 2.45) is 5.92 Å². The van der Waals surface area contributed by atoms with E-state index in [0.717, 1.165) is 50.9 Å². The van der Waals surface area contributed by atoms with Crippen molar-refractivity contribution < 1.29 is 23.1 Å². The molecule has 0 atom stereocenters. The molecule has 6 nitrogen and oxygen atoms in total. The van der Waals surface area contributed by atoms with Gasteiger partial charge in [-0.2, -0.15) is 13.2 Å². The number of alkyl halides is 3. The Kier molecular flexibility index (Phi) is 5.92. The lowest BCUT2D eigenvalue weighted by atomic mass is 9.86. The molecule has 4 rings (SSSR count). The zero-order chi connectivity index (χ0) is 21.3. The zero-order valence-corrected chi connectivity index (χ0v) is 16.5. The molecule has 30 heavy (non-hydrogen) atoms. The summed E-state index contributed by atoms with van der Waals surface area (Å²) in [7, 11) is 0. The molecule has 0 radical (unpaired) electrons. The van der Waals surface area contributed by atoms with Gasteiger partial charge in [-0.25, -0.2) is 9.97 Å². The van der Waals surface area contributed by atoms with Gasteiger partial charge >= 0.3 is 6.18 Å². The molecule has 1 aromatic carbocycles. The van der Waals surface area contributed by atoms with Crippen LogP contribution in [0.5, 0.6) is 0 Å². The summed E-state index contributed by atoms with van der Waals surface area (Å²) in [6, 6.07) is 3.81. The number of Topliss-reactive ketones (excluding diaryl/α,β-unsaturated/α-hetero) is 1. The number of aliphatic hydroxyl groups excluding tert-OH is 1. The molecule has 1 aliphatic heterocycles. The number of hydrogen-bond donors (Lipinski definition) is 2. The van der Waals surface area contributed by atoms with E-state index in [4.69, 9.17) is 0 Å². The molecule has 0 bridgehead atoms. The number of benzene rings is 1. The van der Waals surface area contributed by atoms with E-state index in [1.807, 2.05) is 0 Å². The van der Waals surface area contributed by atoms with Crippen LogP contribution >= 0.6 is 0 Å². The third kappa shape index (κ3) is 4.73. The molecule has 2 fully saturated rings. The van der Waals surface area contributed by atoms with Gasteiger partial charge in [0.25, 0.3) is 0 Å². The average molecular weight is 422 g/mol. The van der Waals surface area contributed by atoms with E-state index in [9.17, 15) is 23.1 Å². The summed E-state index contributed by atoms with van der Waals surface area (Å²) in [6.07, 6.45) is 0.784. The van der Waals surface area contributed by atoms with Crippen LogP contribution in [-0.4, -0.2) is 57.5 Å². The Morgan fingerprint density at radius 1 is 1.17 bits per heavy atom.